The number of benzene rings is 2. The predicted octanol–water partition coefficient (Wildman–Crippen LogP) is 4.20. The zero-order valence-corrected chi connectivity index (χ0v) is 16.3. The molecule has 0 bridgehead atoms. The maximum absolute atomic E-state index is 12.6. The summed E-state index contributed by atoms with van der Waals surface area (Å²) in [7, 11) is 3.20. The van der Waals surface area contributed by atoms with Crippen LogP contribution in [0.25, 0.3) is 16.9 Å². The summed E-state index contributed by atoms with van der Waals surface area (Å²) in [6.45, 7) is 0. The number of methoxy groups -OCH3 is 2. The number of carbonyl (C=O) groups is 1. The number of carbonyl (C=O) groups excluding carboxylic acids is 1. The van der Waals surface area contributed by atoms with E-state index in [0.29, 0.717) is 11.4 Å². The number of hydrogen-bond donors (Lipinski definition) is 1. The topological polar surface area (TPSA) is 64.9 Å². The molecular formula is C23H21N3O3. The molecule has 2 aromatic heterocycles. The van der Waals surface area contributed by atoms with Gasteiger partial charge in [-0.25, -0.2) is 4.98 Å². The maximum Gasteiger partial charge on any atom is 0.228 e. The Bertz CT molecular complexity index is 1120. The second-order valence-electron chi connectivity index (χ2n) is 6.58. The third kappa shape index (κ3) is 4.06. The number of fused-ring (bicyclic) bond motifs is 1. The number of hydrogen-bond acceptors (Lipinski definition) is 4. The number of ether oxygens (including phenoxy) is 2. The van der Waals surface area contributed by atoms with Gasteiger partial charge in [-0.1, -0.05) is 18.2 Å². The normalized spacial score (nSPS) is 10.7. The van der Waals surface area contributed by atoms with Crippen molar-refractivity contribution in [2.45, 2.75) is 6.42 Å². The third-order valence-electron chi connectivity index (χ3n) is 4.66. The van der Waals surface area contributed by atoms with Gasteiger partial charge in [-0.05, 0) is 48.0 Å². The van der Waals surface area contributed by atoms with Gasteiger partial charge >= 0.3 is 0 Å². The van der Waals surface area contributed by atoms with Gasteiger partial charge in [0.05, 0.1) is 32.0 Å². The van der Waals surface area contributed by atoms with E-state index in [9.17, 15) is 4.79 Å². The first-order valence-electron chi connectivity index (χ1n) is 9.21. The molecule has 0 atom stereocenters. The van der Waals surface area contributed by atoms with Crippen LogP contribution in [-0.2, 0) is 11.2 Å². The lowest BCUT2D eigenvalue weighted by atomic mass is 10.1. The molecule has 0 saturated heterocycles. The van der Waals surface area contributed by atoms with Gasteiger partial charge in [-0.15, -0.1) is 0 Å². The molecule has 0 radical (unpaired) electrons. The van der Waals surface area contributed by atoms with E-state index >= 15 is 0 Å². The van der Waals surface area contributed by atoms with E-state index < -0.39 is 0 Å². The Balaban J connectivity index is 1.56. The Kier molecular flexibility index (Phi) is 5.16. The van der Waals surface area contributed by atoms with Crippen molar-refractivity contribution in [2.24, 2.45) is 0 Å². The molecule has 0 unspecified atom stereocenters. The summed E-state index contributed by atoms with van der Waals surface area (Å²) in [4.78, 5) is 17.2. The molecule has 2 heterocycles. The van der Waals surface area contributed by atoms with Gasteiger partial charge in [0.15, 0.2) is 0 Å². The largest absolute Gasteiger partial charge is 0.497 e. The van der Waals surface area contributed by atoms with E-state index in [-0.39, 0.29) is 12.3 Å². The van der Waals surface area contributed by atoms with Gasteiger partial charge in [-0.2, -0.15) is 0 Å². The van der Waals surface area contributed by atoms with Crippen LogP contribution in [0.3, 0.4) is 0 Å². The fraction of sp³-hybridized carbons (Fsp3) is 0.130. The van der Waals surface area contributed by atoms with Crippen molar-refractivity contribution in [1.29, 1.82) is 0 Å². The van der Waals surface area contributed by atoms with Crippen LogP contribution in [0.2, 0.25) is 0 Å². The van der Waals surface area contributed by atoms with Gasteiger partial charge in [0.1, 0.15) is 17.1 Å². The SMILES string of the molecule is COc1ccc(CC(=O)Nc2cc(-c3cn4ccccc4n3)ccc2OC)cc1. The standard InChI is InChI=1S/C23H21N3O3/c1-28-18-9-6-16(7-10-18)13-23(27)25-19-14-17(8-11-21(19)29-2)20-15-26-12-4-3-5-22(26)24-20/h3-12,14-15H,13H2,1-2H3,(H,25,27). The van der Waals surface area contributed by atoms with Crippen molar-refractivity contribution >= 4 is 17.2 Å². The highest BCUT2D eigenvalue weighted by atomic mass is 16.5. The molecule has 0 aliphatic rings. The lowest BCUT2D eigenvalue weighted by Gasteiger charge is -2.12. The molecule has 29 heavy (non-hydrogen) atoms. The van der Waals surface area contributed by atoms with E-state index in [1.165, 1.54) is 0 Å². The van der Waals surface area contributed by atoms with Crippen LogP contribution in [0.15, 0.2) is 73.1 Å². The molecule has 2 aromatic carbocycles. The Labute approximate surface area is 168 Å². The fourth-order valence-corrected chi connectivity index (χ4v) is 3.16. The Morgan fingerprint density at radius 3 is 2.59 bits per heavy atom. The summed E-state index contributed by atoms with van der Waals surface area (Å²) in [5.41, 5.74) is 4.10. The molecule has 6 heteroatoms. The average Bonchev–Trinajstić information content (AvgIpc) is 3.18. The predicted molar refractivity (Wildman–Crippen MR) is 113 cm³/mol. The van der Waals surface area contributed by atoms with Gasteiger partial charge in [0, 0.05) is 18.0 Å². The zero-order valence-electron chi connectivity index (χ0n) is 16.3. The molecule has 1 amide bonds. The maximum atomic E-state index is 12.6. The quantitative estimate of drug-likeness (QED) is 0.539. The minimum Gasteiger partial charge on any atom is -0.497 e. The van der Waals surface area contributed by atoms with Crippen LogP contribution in [0.1, 0.15) is 5.56 Å². The molecular weight excluding hydrogens is 366 g/mol. The molecule has 0 saturated carbocycles. The number of amides is 1. The number of imidazole rings is 1. The smallest absolute Gasteiger partial charge is 0.228 e. The van der Waals surface area contributed by atoms with Gasteiger partial charge in [0.25, 0.3) is 0 Å². The Morgan fingerprint density at radius 2 is 1.86 bits per heavy atom. The number of rotatable bonds is 6. The van der Waals surface area contributed by atoms with Crippen LogP contribution < -0.4 is 14.8 Å². The fourth-order valence-electron chi connectivity index (χ4n) is 3.16. The molecule has 0 aliphatic heterocycles. The number of nitrogens with zero attached hydrogens (tertiary/aromatic N) is 2. The van der Waals surface area contributed by atoms with E-state index in [2.05, 4.69) is 10.3 Å². The number of nitrogens with one attached hydrogen (secondary N) is 1. The summed E-state index contributed by atoms with van der Waals surface area (Å²) in [6.07, 6.45) is 4.17. The summed E-state index contributed by atoms with van der Waals surface area (Å²) in [5, 5.41) is 2.95. The van der Waals surface area contributed by atoms with E-state index in [4.69, 9.17) is 9.47 Å². The zero-order chi connectivity index (χ0) is 20.2. The lowest BCUT2D eigenvalue weighted by molar-refractivity contribution is -0.115. The first kappa shape index (κ1) is 18.6. The second-order valence-corrected chi connectivity index (χ2v) is 6.58. The highest BCUT2D eigenvalue weighted by Crippen LogP contribution is 2.30. The molecule has 4 aromatic rings. The van der Waals surface area contributed by atoms with Gasteiger partial charge < -0.3 is 19.2 Å². The van der Waals surface area contributed by atoms with Gasteiger partial charge in [0.2, 0.25) is 5.91 Å². The monoisotopic (exact) mass is 387 g/mol. The third-order valence-corrected chi connectivity index (χ3v) is 4.66. The van der Waals surface area contributed by atoms with Gasteiger partial charge in [-0.3, -0.25) is 4.79 Å². The Hall–Kier alpha value is -3.80. The summed E-state index contributed by atoms with van der Waals surface area (Å²) in [5.74, 6) is 1.23. The first-order chi connectivity index (χ1) is 14.2. The molecule has 0 spiro atoms. The van der Waals surface area contributed by atoms with Crippen molar-refractivity contribution in [3.05, 3.63) is 78.6 Å². The van der Waals surface area contributed by atoms with Crippen LogP contribution in [-0.4, -0.2) is 29.5 Å². The first-order valence-corrected chi connectivity index (χ1v) is 9.21. The average molecular weight is 387 g/mol. The summed E-state index contributed by atoms with van der Waals surface area (Å²) < 4.78 is 12.5. The Morgan fingerprint density at radius 1 is 1.03 bits per heavy atom. The minimum absolute atomic E-state index is 0.124. The van der Waals surface area contributed by atoms with Crippen LogP contribution >= 0.6 is 0 Å². The minimum atomic E-state index is -0.124. The summed E-state index contributed by atoms with van der Waals surface area (Å²) >= 11 is 0. The highest BCUT2D eigenvalue weighted by molar-refractivity contribution is 5.94. The molecule has 146 valence electrons. The van der Waals surface area contributed by atoms with Crippen LogP contribution in [0.5, 0.6) is 11.5 Å². The van der Waals surface area contributed by atoms with Crippen LogP contribution in [0, 0.1) is 0 Å². The van der Waals surface area contributed by atoms with Crippen molar-refractivity contribution in [3.8, 4) is 22.8 Å². The lowest BCUT2D eigenvalue weighted by Crippen LogP contribution is -2.15. The van der Waals surface area contributed by atoms with E-state index in [1.807, 2.05) is 77.5 Å². The van der Waals surface area contributed by atoms with Crippen molar-refractivity contribution in [2.75, 3.05) is 19.5 Å². The van der Waals surface area contributed by atoms with Crippen LogP contribution in [0.4, 0.5) is 5.69 Å². The summed E-state index contributed by atoms with van der Waals surface area (Å²) in [6, 6.07) is 18.9. The second kappa shape index (κ2) is 8.06. The number of anilines is 1. The molecule has 1 N–H and O–H groups in total. The van der Waals surface area contributed by atoms with E-state index in [1.54, 1.807) is 14.2 Å². The van der Waals surface area contributed by atoms with E-state index in [0.717, 1.165) is 28.2 Å². The van der Waals surface area contributed by atoms with Crippen molar-refractivity contribution < 1.29 is 14.3 Å². The molecule has 6 nitrogen and oxygen atoms in total. The number of pyridine rings is 1. The highest BCUT2D eigenvalue weighted by Gasteiger charge is 2.12. The molecule has 0 fully saturated rings. The molecule has 0 aliphatic carbocycles. The molecule has 4 rings (SSSR count). The number of aromatic nitrogens is 2. The van der Waals surface area contributed by atoms with Crippen molar-refractivity contribution in [3.63, 3.8) is 0 Å². The van der Waals surface area contributed by atoms with Crippen molar-refractivity contribution in [1.82, 2.24) is 9.38 Å².